The van der Waals surface area contributed by atoms with Crippen LogP contribution in [0.25, 0.3) is 0 Å². The molecule has 1 aliphatic rings. The molecular weight excluding hydrogens is 538 g/mol. The van der Waals surface area contributed by atoms with E-state index in [2.05, 4.69) is 36.8 Å². The molecule has 0 saturated heterocycles. The number of amides is 3. The molecule has 0 aliphatic carbocycles. The second kappa shape index (κ2) is 11.0. The molecule has 0 atom stereocenters. The quantitative estimate of drug-likeness (QED) is 0.409. The average Bonchev–Trinajstić information content (AvgIpc) is 3.09. The van der Waals surface area contributed by atoms with Gasteiger partial charge in [-0.3, -0.25) is 20.0 Å². The predicted molar refractivity (Wildman–Crippen MR) is 134 cm³/mol. The van der Waals surface area contributed by atoms with Crippen LogP contribution in [0, 0.1) is 0 Å². The van der Waals surface area contributed by atoms with Crippen LogP contribution in [-0.2, 0) is 11.3 Å². The van der Waals surface area contributed by atoms with Gasteiger partial charge in [-0.2, -0.15) is 0 Å². The van der Waals surface area contributed by atoms with Crippen LogP contribution < -0.4 is 15.4 Å². The van der Waals surface area contributed by atoms with Crippen molar-refractivity contribution in [3.63, 3.8) is 0 Å². The SMILES string of the molecule is O=C(NC1=CC=CCN(Cc2ccccc2)C1=O)Oc1n[nH]c(NC(=O)c2ccccc2Cl)c1Br. The molecule has 2 aromatic carbocycles. The highest BCUT2D eigenvalue weighted by molar-refractivity contribution is 9.10. The minimum atomic E-state index is -0.921. The largest absolute Gasteiger partial charge is 0.418 e. The first-order valence-corrected chi connectivity index (χ1v) is 11.6. The third-order valence-electron chi connectivity index (χ3n) is 4.92. The van der Waals surface area contributed by atoms with Crippen molar-refractivity contribution < 1.29 is 19.1 Å². The number of anilines is 1. The number of allylic oxidation sites excluding steroid dienone is 2. The van der Waals surface area contributed by atoms with Crippen LogP contribution in [0.15, 0.2) is 83.0 Å². The maximum atomic E-state index is 13.0. The molecule has 35 heavy (non-hydrogen) atoms. The van der Waals surface area contributed by atoms with Gasteiger partial charge in [-0.1, -0.05) is 66.2 Å². The van der Waals surface area contributed by atoms with E-state index in [0.717, 1.165) is 5.56 Å². The Labute approximate surface area is 213 Å². The number of hydrogen-bond acceptors (Lipinski definition) is 5. The number of nitrogens with one attached hydrogen (secondary N) is 3. The second-order valence-electron chi connectivity index (χ2n) is 7.35. The van der Waals surface area contributed by atoms with Gasteiger partial charge in [0.05, 0.1) is 10.6 Å². The monoisotopic (exact) mass is 555 g/mol. The number of carbonyl (C=O) groups is 3. The molecule has 0 spiro atoms. The molecule has 3 amide bonds. The first-order valence-electron chi connectivity index (χ1n) is 10.4. The molecule has 0 bridgehead atoms. The van der Waals surface area contributed by atoms with Gasteiger partial charge >= 0.3 is 6.09 Å². The topological polar surface area (TPSA) is 116 Å². The van der Waals surface area contributed by atoms with E-state index in [9.17, 15) is 14.4 Å². The first-order chi connectivity index (χ1) is 16.9. The van der Waals surface area contributed by atoms with E-state index < -0.39 is 12.0 Å². The minimum absolute atomic E-state index is 0.0542. The summed E-state index contributed by atoms with van der Waals surface area (Å²) in [4.78, 5) is 39.5. The van der Waals surface area contributed by atoms with E-state index in [-0.39, 0.29) is 38.4 Å². The number of aromatic amines is 1. The van der Waals surface area contributed by atoms with Crippen molar-refractivity contribution in [1.82, 2.24) is 20.4 Å². The second-order valence-corrected chi connectivity index (χ2v) is 8.55. The Morgan fingerprint density at radius 1 is 1.11 bits per heavy atom. The fourth-order valence-electron chi connectivity index (χ4n) is 3.22. The van der Waals surface area contributed by atoms with Crippen molar-refractivity contribution in [2.24, 2.45) is 0 Å². The standard InChI is InChI=1S/C24H19BrClN5O4/c25-19-20(28-21(32)16-10-4-5-11-17(16)26)29-30-22(19)35-24(34)27-18-12-6-7-13-31(23(18)33)14-15-8-2-1-3-9-15/h1-12H,13-14H2,(H,27,34)(H2,28,29,30,32). The number of rotatable bonds is 6. The molecule has 0 unspecified atom stereocenters. The number of hydrogen-bond donors (Lipinski definition) is 3. The van der Waals surface area contributed by atoms with Gasteiger partial charge in [-0.25, -0.2) is 4.79 Å². The number of H-pyrrole nitrogens is 1. The van der Waals surface area contributed by atoms with E-state index in [4.69, 9.17) is 16.3 Å². The van der Waals surface area contributed by atoms with Crippen LogP contribution in [0.1, 0.15) is 15.9 Å². The summed E-state index contributed by atoms with van der Waals surface area (Å²) in [7, 11) is 0. The van der Waals surface area contributed by atoms with Crippen LogP contribution in [0.5, 0.6) is 5.88 Å². The van der Waals surface area contributed by atoms with Gasteiger partial charge in [0.1, 0.15) is 16.0 Å². The maximum absolute atomic E-state index is 13.0. The lowest BCUT2D eigenvalue weighted by atomic mass is 10.2. The van der Waals surface area contributed by atoms with Crippen LogP contribution in [-0.4, -0.2) is 39.5 Å². The average molecular weight is 557 g/mol. The summed E-state index contributed by atoms with van der Waals surface area (Å²) >= 11 is 9.30. The summed E-state index contributed by atoms with van der Waals surface area (Å²) in [6.45, 7) is 0.779. The molecule has 4 rings (SSSR count). The summed E-state index contributed by atoms with van der Waals surface area (Å²) in [6.07, 6.45) is 4.09. The molecule has 11 heteroatoms. The third-order valence-corrected chi connectivity index (χ3v) is 5.98. The summed E-state index contributed by atoms with van der Waals surface area (Å²) in [5, 5.41) is 11.8. The van der Waals surface area contributed by atoms with Crippen molar-refractivity contribution in [1.29, 1.82) is 0 Å². The Balaban J connectivity index is 1.39. The highest BCUT2D eigenvalue weighted by Gasteiger charge is 2.23. The molecular formula is C24H19BrClN5O4. The number of aromatic nitrogens is 2. The van der Waals surface area contributed by atoms with Gasteiger partial charge in [0.2, 0.25) is 0 Å². The Morgan fingerprint density at radius 2 is 1.86 bits per heavy atom. The zero-order valence-electron chi connectivity index (χ0n) is 18.1. The molecule has 1 aliphatic heterocycles. The Bertz CT molecular complexity index is 1320. The Hall–Kier alpha value is -3.89. The Morgan fingerprint density at radius 3 is 2.63 bits per heavy atom. The number of nitrogens with zero attached hydrogens (tertiary/aromatic N) is 2. The van der Waals surface area contributed by atoms with Gasteiger partial charge in [0.15, 0.2) is 0 Å². The van der Waals surface area contributed by atoms with Crippen molar-refractivity contribution in [3.05, 3.63) is 99.1 Å². The van der Waals surface area contributed by atoms with Gasteiger partial charge in [0.25, 0.3) is 17.7 Å². The normalized spacial score (nSPS) is 13.1. The van der Waals surface area contributed by atoms with Crippen molar-refractivity contribution in [2.75, 3.05) is 11.9 Å². The van der Waals surface area contributed by atoms with Crippen LogP contribution in [0.3, 0.4) is 0 Å². The molecule has 0 radical (unpaired) electrons. The van der Waals surface area contributed by atoms with Crippen LogP contribution in [0.4, 0.5) is 10.6 Å². The highest BCUT2D eigenvalue weighted by atomic mass is 79.9. The van der Waals surface area contributed by atoms with E-state index in [1.807, 2.05) is 36.4 Å². The van der Waals surface area contributed by atoms with Crippen LogP contribution in [0.2, 0.25) is 5.02 Å². The summed E-state index contributed by atoms with van der Waals surface area (Å²) in [6, 6.07) is 16.1. The third kappa shape index (κ3) is 5.97. The van der Waals surface area contributed by atoms with E-state index in [0.29, 0.717) is 13.1 Å². The number of halogens is 2. The molecule has 3 aromatic rings. The van der Waals surface area contributed by atoms with Gasteiger partial charge in [0, 0.05) is 13.1 Å². The molecule has 0 saturated carbocycles. The van der Waals surface area contributed by atoms with E-state index in [1.165, 1.54) is 6.08 Å². The lowest BCUT2D eigenvalue weighted by Gasteiger charge is -2.21. The first kappa shape index (κ1) is 24.2. The lowest BCUT2D eigenvalue weighted by molar-refractivity contribution is -0.127. The number of ether oxygens (including phenoxy) is 1. The van der Waals surface area contributed by atoms with Gasteiger partial charge in [-0.15, -0.1) is 5.10 Å². The molecule has 1 aromatic heterocycles. The molecule has 178 valence electrons. The summed E-state index contributed by atoms with van der Waals surface area (Å²) in [5.74, 6) is -0.796. The zero-order valence-corrected chi connectivity index (χ0v) is 20.5. The van der Waals surface area contributed by atoms with Crippen molar-refractivity contribution >= 4 is 51.3 Å². The van der Waals surface area contributed by atoms with Crippen molar-refractivity contribution in [2.45, 2.75) is 6.54 Å². The number of carbonyl (C=O) groups excluding carboxylic acids is 3. The van der Waals surface area contributed by atoms with E-state index >= 15 is 0 Å². The minimum Gasteiger partial charge on any atom is -0.388 e. The fourth-order valence-corrected chi connectivity index (χ4v) is 3.80. The van der Waals surface area contributed by atoms with E-state index in [1.54, 1.807) is 35.2 Å². The summed E-state index contributed by atoms with van der Waals surface area (Å²) < 4.78 is 5.44. The Kier molecular flexibility index (Phi) is 7.64. The van der Waals surface area contributed by atoms with Crippen LogP contribution >= 0.6 is 27.5 Å². The highest BCUT2D eigenvalue weighted by Crippen LogP contribution is 2.30. The molecule has 3 N–H and O–H groups in total. The lowest BCUT2D eigenvalue weighted by Crippen LogP contribution is -2.38. The molecule has 9 nitrogen and oxygen atoms in total. The maximum Gasteiger partial charge on any atom is 0.418 e. The summed E-state index contributed by atoms with van der Waals surface area (Å²) in [5.41, 5.74) is 1.28. The van der Waals surface area contributed by atoms with Crippen molar-refractivity contribution in [3.8, 4) is 5.88 Å². The molecule has 2 heterocycles. The smallest absolute Gasteiger partial charge is 0.388 e. The van der Waals surface area contributed by atoms with Gasteiger partial charge in [-0.05, 0) is 39.7 Å². The fraction of sp³-hybridized carbons (Fsp3) is 0.0833. The molecule has 0 fully saturated rings. The zero-order chi connectivity index (χ0) is 24.8. The van der Waals surface area contributed by atoms with Gasteiger partial charge < -0.3 is 15.0 Å². The predicted octanol–water partition coefficient (Wildman–Crippen LogP) is 4.65. The number of benzene rings is 2.